The Morgan fingerprint density at radius 3 is 2.13 bits per heavy atom. The smallest absolute Gasteiger partial charge is 0.382 e. The van der Waals surface area contributed by atoms with Crippen molar-refractivity contribution in [2.45, 2.75) is 70.6 Å². The van der Waals surface area contributed by atoms with Crippen molar-refractivity contribution in [3.63, 3.8) is 0 Å². The van der Waals surface area contributed by atoms with Crippen LogP contribution in [-0.2, 0) is 6.18 Å². The summed E-state index contributed by atoms with van der Waals surface area (Å²) in [6, 6.07) is 5.05. The van der Waals surface area contributed by atoms with Crippen LogP contribution in [0.2, 0.25) is 10.0 Å². The molecule has 0 aliphatic heterocycles. The first-order valence-electron chi connectivity index (χ1n) is 10.0. The molecule has 0 amide bonds. The SMILES string of the molecule is CCCC.O=c1c(Cl)c(Cl)cnn1C1CCC(Nc2ccc(C(F)(F)F)cc2)CC1. The molecule has 0 radical (unpaired) electrons. The summed E-state index contributed by atoms with van der Waals surface area (Å²) in [5, 5.41) is 7.40. The number of alkyl halides is 3. The number of hydrogen-bond acceptors (Lipinski definition) is 3. The molecule has 30 heavy (non-hydrogen) atoms. The van der Waals surface area contributed by atoms with E-state index in [0.717, 1.165) is 25.0 Å². The molecule has 9 heteroatoms. The van der Waals surface area contributed by atoms with E-state index in [-0.39, 0.29) is 22.1 Å². The normalized spacial score (nSPS) is 19.0. The summed E-state index contributed by atoms with van der Waals surface area (Å²) in [5.74, 6) is 0. The van der Waals surface area contributed by atoms with Gasteiger partial charge in [0.1, 0.15) is 5.02 Å². The van der Waals surface area contributed by atoms with Gasteiger partial charge in [-0.3, -0.25) is 4.79 Å². The second-order valence-corrected chi connectivity index (χ2v) is 8.07. The van der Waals surface area contributed by atoms with E-state index < -0.39 is 17.3 Å². The van der Waals surface area contributed by atoms with Gasteiger partial charge in [0.15, 0.2) is 0 Å². The van der Waals surface area contributed by atoms with Crippen molar-refractivity contribution in [2.24, 2.45) is 0 Å². The average molecular weight is 464 g/mol. The van der Waals surface area contributed by atoms with Gasteiger partial charge in [-0.05, 0) is 49.9 Å². The van der Waals surface area contributed by atoms with Crippen LogP contribution in [0.5, 0.6) is 0 Å². The van der Waals surface area contributed by atoms with E-state index in [1.165, 1.54) is 35.9 Å². The molecule has 1 N–H and O–H groups in total. The third-order valence-corrected chi connectivity index (χ3v) is 5.78. The Kier molecular flexibility index (Phi) is 9.04. The number of benzene rings is 1. The first kappa shape index (κ1) is 24.5. The fourth-order valence-corrected chi connectivity index (χ4v) is 3.40. The molecule has 0 bridgehead atoms. The molecule has 1 aromatic heterocycles. The second-order valence-electron chi connectivity index (χ2n) is 7.28. The van der Waals surface area contributed by atoms with Crippen LogP contribution in [0.4, 0.5) is 18.9 Å². The van der Waals surface area contributed by atoms with Crippen molar-refractivity contribution in [3.8, 4) is 0 Å². The van der Waals surface area contributed by atoms with Crippen LogP contribution in [0.3, 0.4) is 0 Å². The molecule has 2 aromatic rings. The first-order chi connectivity index (χ1) is 14.2. The summed E-state index contributed by atoms with van der Waals surface area (Å²) in [6.07, 6.45) is 2.61. The van der Waals surface area contributed by atoms with Gasteiger partial charge in [0.05, 0.1) is 22.8 Å². The van der Waals surface area contributed by atoms with E-state index in [4.69, 9.17) is 23.2 Å². The number of anilines is 1. The van der Waals surface area contributed by atoms with Gasteiger partial charge in [0.2, 0.25) is 0 Å². The van der Waals surface area contributed by atoms with Gasteiger partial charge in [-0.15, -0.1) is 0 Å². The zero-order valence-corrected chi connectivity index (χ0v) is 18.5. The molecule has 1 saturated carbocycles. The second kappa shape index (κ2) is 11.0. The van der Waals surface area contributed by atoms with E-state index in [1.54, 1.807) is 0 Å². The van der Waals surface area contributed by atoms with Gasteiger partial charge < -0.3 is 5.32 Å². The molecule has 3 rings (SSSR count). The Labute approximate surface area is 184 Å². The van der Waals surface area contributed by atoms with E-state index in [1.807, 2.05) is 0 Å². The van der Waals surface area contributed by atoms with Crippen molar-refractivity contribution >= 4 is 28.9 Å². The van der Waals surface area contributed by atoms with Crippen LogP contribution in [0.1, 0.15) is 64.0 Å². The molecule has 1 aliphatic carbocycles. The summed E-state index contributed by atoms with van der Waals surface area (Å²) < 4.78 is 39.2. The van der Waals surface area contributed by atoms with E-state index in [2.05, 4.69) is 24.3 Å². The standard InChI is InChI=1S/C17H16Cl2F3N3O.C4H10/c18-14-9-23-25(16(26)15(14)19)13-7-5-12(6-8-13)24-11-3-1-10(2-4-11)17(20,21)22;1-3-4-2/h1-4,9,12-13,24H,5-8H2;3-4H2,1-2H3. The van der Waals surface area contributed by atoms with Crippen molar-refractivity contribution < 1.29 is 13.2 Å². The minimum atomic E-state index is -4.34. The Balaban J connectivity index is 0.000000735. The lowest BCUT2D eigenvalue weighted by Crippen LogP contribution is -2.33. The summed E-state index contributed by atoms with van der Waals surface area (Å²) in [4.78, 5) is 12.2. The maximum atomic E-state index is 12.6. The zero-order valence-electron chi connectivity index (χ0n) is 17.0. The lowest BCUT2D eigenvalue weighted by molar-refractivity contribution is -0.137. The van der Waals surface area contributed by atoms with Gasteiger partial charge in [0.25, 0.3) is 5.56 Å². The third kappa shape index (κ3) is 6.64. The number of rotatable bonds is 4. The lowest BCUT2D eigenvalue weighted by atomic mass is 9.91. The van der Waals surface area contributed by atoms with Gasteiger partial charge in [0, 0.05) is 11.7 Å². The largest absolute Gasteiger partial charge is 0.416 e. The van der Waals surface area contributed by atoms with Crippen molar-refractivity contribution in [3.05, 3.63) is 56.4 Å². The molecule has 1 heterocycles. The van der Waals surface area contributed by atoms with Crippen LogP contribution in [0.15, 0.2) is 35.3 Å². The predicted octanol–water partition coefficient (Wildman–Crippen LogP) is 6.97. The molecule has 1 aliphatic rings. The molecule has 166 valence electrons. The summed E-state index contributed by atoms with van der Waals surface area (Å²) >= 11 is 11.7. The first-order valence-corrected chi connectivity index (χ1v) is 10.8. The average Bonchev–Trinajstić information content (AvgIpc) is 2.73. The number of unbranched alkanes of at least 4 members (excludes halogenated alkanes) is 1. The monoisotopic (exact) mass is 463 g/mol. The molecule has 1 fully saturated rings. The number of aromatic nitrogens is 2. The van der Waals surface area contributed by atoms with Crippen molar-refractivity contribution in [2.75, 3.05) is 5.32 Å². The van der Waals surface area contributed by atoms with Gasteiger partial charge in [-0.25, -0.2) is 4.68 Å². The number of halogens is 5. The highest BCUT2D eigenvalue weighted by molar-refractivity contribution is 6.41. The molecule has 4 nitrogen and oxygen atoms in total. The number of nitrogens with one attached hydrogen (secondary N) is 1. The fraction of sp³-hybridized carbons (Fsp3) is 0.524. The van der Waals surface area contributed by atoms with Crippen LogP contribution in [0, 0.1) is 0 Å². The Bertz CT molecular complexity index is 859. The molecule has 1 aromatic carbocycles. The van der Waals surface area contributed by atoms with Crippen LogP contribution in [-0.4, -0.2) is 15.8 Å². The van der Waals surface area contributed by atoms with Crippen LogP contribution in [0.25, 0.3) is 0 Å². The maximum Gasteiger partial charge on any atom is 0.416 e. The van der Waals surface area contributed by atoms with Crippen LogP contribution < -0.4 is 10.9 Å². The number of hydrogen-bond donors (Lipinski definition) is 1. The Morgan fingerprint density at radius 2 is 1.63 bits per heavy atom. The highest BCUT2D eigenvalue weighted by Gasteiger charge is 2.30. The van der Waals surface area contributed by atoms with Gasteiger partial charge >= 0.3 is 6.18 Å². The van der Waals surface area contributed by atoms with E-state index in [9.17, 15) is 18.0 Å². The fourth-order valence-electron chi connectivity index (χ4n) is 3.14. The van der Waals surface area contributed by atoms with Gasteiger partial charge in [-0.1, -0.05) is 49.9 Å². The highest BCUT2D eigenvalue weighted by atomic mass is 35.5. The van der Waals surface area contributed by atoms with Gasteiger partial charge in [-0.2, -0.15) is 18.3 Å². The van der Waals surface area contributed by atoms with Crippen LogP contribution >= 0.6 is 23.2 Å². The van der Waals surface area contributed by atoms with Crippen molar-refractivity contribution in [1.82, 2.24) is 9.78 Å². The minimum Gasteiger partial charge on any atom is -0.382 e. The molecule has 0 saturated heterocycles. The van der Waals surface area contributed by atoms with E-state index in [0.29, 0.717) is 18.5 Å². The Morgan fingerprint density at radius 1 is 1.07 bits per heavy atom. The summed E-state index contributed by atoms with van der Waals surface area (Å²) in [7, 11) is 0. The summed E-state index contributed by atoms with van der Waals surface area (Å²) in [6.45, 7) is 4.36. The molecule has 0 atom stereocenters. The van der Waals surface area contributed by atoms with E-state index >= 15 is 0 Å². The quantitative estimate of drug-likeness (QED) is 0.532. The molecular formula is C21H26Cl2F3N3O. The molecular weight excluding hydrogens is 438 g/mol. The molecule has 0 unspecified atom stereocenters. The predicted molar refractivity (Wildman–Crippen MR) is 115 cm³/mol. The zero-order chi connectivity index (χ0) is 22.3. The lowest BCUT2D eigenvalue weighted by Gasteiger charge is -2.30. The third-order valence-electron chi connectivity index (χ3n) is 5.03. The minimum absolute atomic E-state index is 0.0355. The highest BCUT2D eigenvalue weighted by Crippen LogP contribution is 2.32. The van der Waals surface area contributed by atoms with Crippen molar-refractivity contribution in [1.29, 1.82) is 0 Å². The maximum absolute atomic E-state index is 12.6. The number of nitrogens with zero attached hydrogens (tertiary/aromatic N) is 2. The Hall–Kier alpha value is -1.73. The summed E-state index contributed by atoms with van der Waals surface area (Å²) in [5.41, 5.74) is -0.429. The molecule has 0 spiro atoms. The topological polar surface area (TPSA) is 46.9 Å².